The summed E-state index contributed by atoms with van der Waals surface area (Å²) in [5, 5.41) is 7.49. The first-order valence-corrected chi connectivity index (χ1v) is 12.7. The van der Waals surface area contributed by atoms with E-state index in [1.54, 1.807) is 0 Å². The van der Waals surface area contributed by atoms with Crippen molar-refractivity contribution in [3.05, 3.63) is 152 Å². The van der Waals surface area contributed by atoms with Crippen molar-refractivity contribution in [2.75, 3.05) is 4.90 Å². The number of hydrogen-bond donors (Lipinski definition) is 0. The lowest BCUT2D eigenvalue weighted by Gasteiger charge is -2.28. The standard InChI is InChI=1S/C36H25N/c1-2-11-26(12-3-1)29-16-10-17-31(23-29)37(32-22-21-27-13-4-5-14-28(27)24-32)36-25-30-15-6-7-18-33(30)34-19-8-9-20-35(34)36/h1-25H. The highest BCUT2D eigenvalue weighted by Gasteiger charge is 2.18. The van der Waals surface area contributed by atoms with E-state index in [1.165, 1.54) is 49.1 Å². The van der Waals surface area contributed by atoms with Gasteiger partial charge < -0.3 is 4.90 Å². The molecule has 0 saturated heterocycles. The lowest BCUT2D eigenvalue weighted by molar-refractivity contribution is 1.31. The van der Waals surface area contributed by atoms with Crippen molar-refractivity contribution in [3.8, 4) is 11.1 Å². The van der Waals surface area contributed by atoms with Gasteiger partial charge in [-0.05, 0) is 68.4 Å². The Kier molecular flexibility index (Phi) is 5.19. The smallest absolute Gasteiger partial charge is 0.0546 e. The molecule has 0 bridgehead atoms. The monoisotopic (exact) mass is 471 g/mol. The fourth-order valence-corrected chi connectivity index (χ4v) is 5.42. The van der Waals surface area contributed by atoms with Crippen LogP contribution in [0.15, 0.2) is 152 Å². The highest BCUT2D eigenvalue weighted by Crippen LogP contribution is 2.43. The molecule has 0 aromatic heterocycles. The van der Waals surface area contributed by atoms with Crippen LogP contribution < -0.4 is 4.90 Å². The molecular formula is C36H25N. The molecule has 1 heteroatoms. The molecule has 7 rings (SSSR count). The quantitative estimate of drug-likeness (QED) is 0.231. The average Bonchev–Trinajstić information content (AvgIpc) is 2.98. The van der Waals surface area contributed by atoms with Crippen molar-refractivity contribution in [1.29, 1.82) is 0 Å². The number of rotatable bonds is 4. The molecule has 0 N–H and O–H groups in total. The van der Waals surface area contributed by atoms with Crippen LogP contribution in [0.2, 0.25) is 0 Å². The summed E-state index contributed by atoms with van der Waals surface area (Å²) >= 11 is 0. The zero-order valence-electron chi connectivity index (χ0n) is 20.4. The van der Waals surface area contributed by atoms with Crippen molar-refractivity contribution in [3.63, 3.8) is 0 Å². The fraction of sp³-hybridized carbons (Fsp3) is 0. The van der Waals surface area contributed by atoms with Gasteiger partial charge in [0.2, 0.25) is 0 Å². The largest absolute Gasteiger partial charge is 0.310 e. The SMILES string of the molecule is c1ccc(-c2cccc(N(c3ccc4ccccc4c3)c3cc4ccccc4c4ccccc34)c2)cc1. The van der Waals surface area contributed by atoms with Gasteiger partial charge in [-0.3, -0.25) is 0 Å². The minimum atomic E-state index is 1.14. The third-order valence-electron chi connectivity index (χ3n) is 7.19. The van der Waals surface area contributed by atoms with Crippen LogP contribution in [0.5, 0.6) is 0 Å². The predicted molar refractivity (Wildman–Crippen MR) is 159 cm³/mol. The number of nitrogens with zero attached hydrogens (tertiary/aromatic N) is 1. The van der Waals surface area contributed by atoms with Gasteiger partial charge in [-0.1, -0.05) is 121 Å². The molecule has 1 nitrogen and oxygen atoms in total. The van der Waals surface area contributed by atoms with E-state index in [2.05, 4.69) is 157 Å². The Bertz CT molecular complexity index is 1880. The van der Waals surface area contributed by atoms with Crippen LogP contribution in [0.4, 0.5) is 17.1 Å². The summed E-state index contributed by atoms with van der Waals surface area (Å²) in [4.78, 5) is 2.41. The van der Waals surface area contributed by atoms with Crippen LogP contribution in [-0.2, 0) is 0 Å². The maximum atomic E-state index is 2.41. The molecule has 0 fully saturated rings. The second-order valence-corrected chi connectivity index (χ2v) is 9.45. The maximum Gasteiger partial charge on any atom is 0.0546 e. The first-order chi connectivity index (χ1) is 18.3. The third-order valence-corrected chi connectivity index (χ3v) is 7.19. The molecule has 174 valence electrons. The zero-order chi connectivity index (χ0) is 24.6. The van der Waals surface area contributed by atoms with Gasteiger partial charge in [0.05, 0.1) is 5.69 Å². The minimum Gasteiger partial charge on any atom is -0.310 e. The lowest BCUT2D eigenvalue weighted by atomic mass is 9.98. The van der Waals surface area contributed by atoms with E-state index in [9.17, 15) is 0 Å². The minimum absolute atomic E-state index is 1.14. The van der Waals surface area contributed by atoms with Gasteiger partial charge in [0, 0.05) is 16.8 Å². The Labute approximate surface area is 216 Å². The van der Waals surface area contributed by atoms with Crippen LogP contribution in [0.3, 0.4) is 0 Å². The van der Waals surface area contributed by atoms with Crippen LogP contribution >= 0.6 is 0 Å². The van der Waals surface area contributed by atoms with Gasteiger partial charge >= 0.3 is 0 Å². The maximum absolute atomic E-state index is 2.41. The van der Waals surface area contributed by atoms with Gasteiger partial charge in [-0.25, -0.2) is 0 Å². The van der Waals surface area contributed by atoms with Gasteiger partial charge in [0.15, 0.2) is 0 Å². The van der Waals surface area contributed by atoms with Crippen molar-refractivity contribution >= 4 is 49.4 Å². The van der Waals surface area contributed by atoms with E-state index in [1.807, 2.05) is 0 Å². The molecular weight excluding hydrogens is 446 g/mol. The highest BCUT2D eigenvalue weighted by atomic mass is 15.1. The molecule has 0 amide bonds. The molecule has 0 heterocycles. The van der Waals surface area contributed by atoms with Gasteiger partial charge in [-0.15, -0.1) is 0 Å². The third kappa shape index (κ3) is 3.82. The van der Waals surface area contributed by atoms with Gasteiger partial charge in [0.25, 0.3) is 0 Å². The van der Waals surface area contributed by atoms with Gasteiger partial charge in [-0.2, -0.15) is 0 Å². The summed E-state index contributed by atoms with van der Waals surface area (Å²) in [6.45, 7) is 0. The summed E-state index contributed by atoms with van der Waals surface area (Å²) < 4.78 is 0. The number of fused-ring (bicyclic) bond motifs is 4. The van der Waals surface area contributed by atoms with E-state index in [4.69, 9.17) is 0 Å². The zero-order valence-corrected chi connectivity index (χ0v) is 20.4. The second kappa shape index (κ2) is 8.96. The Balaban J connectivity index is 1.53. The lowest BCUT2D eigenvalue weighted by Crippen LogP contribution is -2.11. The van der Waals surface area contributed by atoms with Crippen molar-refractivity contribution in [2.24, 2.45) is 0 Å². The van der Waals surface area contributed by atoms with Crippen molar-refractivity contribution in [1.82, 2.24) is 0 Å². The fourth-order valence-electron chi connectivity index (χ4n) is 5.42. The summed E-state index contributed by atoms with van der Waals surface area (Å²) in [5.41, 5.74) is 5.87. The summed E-state index contributed by atoms with van der Waals surface area (Å²) in [7, 11) is 0. The number of hydrogen-bond acceptors (Lipinski definition) is 1. The Morgan fingerprint density at radius 2 is 0.946 bits per heavy atom. The van der Waals surface area contributed by atoms with Crippen molar-refractivity contribution < 1.29 is 0 Å². The molecule has 7 aromatic rings. The summed E-state index contributed by atoms with van der Waals surface area (Å²) in [6.07, 6.45) is 0. The molecule has 0 radical (unpaired) electrons. The molecule has 7 aromatic carbocycles. The van der Waals surface area contributed by atoms with Crippen LogP contribution in [-0.4, -0.2) is 0 Å². The highest BCUT2D eigenvalue weighted by molar-refractivity contribution is 6.14. The molecule has 37 heavy (non-hydrogen) atoms. The van der Waals surface area contributed by atoms with Crippen LogP contribution in [0, 0.1) is 0 Å². The molecule has 0 aliphatic rings. The molecule has 0 spiro atoms. The van der Waals surface area contributed by atoms with E-state index >= 15 is 0 Å². The van der Waals surface area contributed by atoms with E-state index < -0.39 is 0 Å². The summed E-state index contributed by atoms with van der Waals surface area (Å²) in [6, 6.07) is 54.6. The second-order valence-electron chi connectivity index (χ2n) is 9.45. The summed E-state index contributed by atoms with van der Waals surface area (Å²) in [5.74, 6) is 0. The van der Waals surface area contributed by atoms with E-state index in [0.717, 1.165) is 11.4 Å². The topological polar surface area (TPSA) is 3.24 Å². The predicted octanol–water partition coefficient (Wildman–Crippen LogP) is 10.3. The first-order valence-electron chi connectivity index (χ1n) is 12.7. The molecule has 0 atom stereocenters. The first kappa shape index (κ1) is 21.4. The molecule has 0 saturated carbocycles. The normalized spacial score (nSPS) is 11.2. The molecule has 0 unspecified atom stereocenters. The van der Waals surface area contributed by atoms with Gasteiger partial charge in [0.1, 0.15) is 0 Å². The van der Waals surface area contributed by atoms with E-state index in [0.29, 0.717) is 0 Å². The average molecular weight is 472 g/mol. The number of benzene rings is 7. The Hall–Kier alpha value is -4.88. The Morgan fingerprint density at radius 3 is 1.78 bits per heavy atom. The molecule has 0 aliphatic heterocycles. The van der Waals surface area contributed by atoms with E-state index in [-0.39, 0.29) is 0 Å². The van der Waals surface area contributed by atoms with Crippen molar-refractivity contribution in [2.45, 2.75) is 0 Å². The Morgan fingerprint density at radius 1 is 0.324 bits per heavy atom. The molecule has 0 aliphatic carbocycles. The number of anilines is 3. The van der Waals surface area contributed by atoms with Crippen LogP contribution in [0.25, 0.3) is 43.4 Å². The van der Waals surface area contributed by atoms with Crippen LogP contribution in [0.1, 0.15) is 0 Å².